The van der Waals surface area contributed by atoms with Crippen LogP contribution >= 0.6 is 35.7 Å². The smallest absolute Gasteiger partial charge is 0.191 e. The number of hydrogen-bond acceptors (Lipinski definition) is 3. The molecule has 4 nitrogen and oxygen atoms in total. The molecule has 1 aromatic heterocycles. The van der Waals surface area contributed by atoms with Crippen LogP contribution in [0, 0.1) is 0 Å². The predicted octanol–water partition coefficient (Wildman–Crippen LogP) is 2.89. The van der Waals surface area contributed by atoms with E-state index < -0.39 is 0 Å². The molecule has 6 heteroatoms. The number of nitrogens with one attached hydrogen (secondary N) is 2. The van der Waals surface area contributed by atoms with E-state index in [1.165, 1.54) is 19.3 Å². The minimum absolute atomic E-state index is 0. The first-order chi connectivity index (χ1) is 9.31. The van der Waals surface area contributed by atoms with E-state index >= 15 is 0 Å². The van der Waals surface area contributed by atoms with Crippen molar-refractivity contribution in [2.75, 3.05) is 19.8 Å². The molecular weight excluding hydrogens is 385 g/mol. The average Bonchev–Trinajstić information content (AvgIpc) is 3.08. The van der Waals surface area contributed by atoms with Crippen LogP contribution in [-0.2, 0) is 6.42 Å². The van der Waals surface area contributed by atoms with E-state index in [9.17, 15) is 0 Å². The van der Waals surface area contributed by atoms with Crippen LogP contribution in [0.1, 0.15) is 25.0 Å². The lowest BCUT2D eigenvalue weighted by molar-refractivity contribution is 0.506. The van der Waals surface area contributed by atoms with Gasteiger partial charge in [-0.1, -0.05) is 0 Å². The number of furan rings is 1. The Morgan fingerprint density at radius 1 is 1.50 bits per heavy atom. The molecule has 2 unspecified atom stereocenters. The Balaban J connectivity index is 0.00000200. The van der Waals surface area contributed by atoms with Crippen LogP contribution in [0.25, 0.3) is 0 Å². The first kappa shape index (κ1) is 17.7. The summed E-state index contributed by atoms with van der Waals surface area (Å²) in [4.78, 5) is 4.28. The van der Waals surface area contributed by atoms with E-state index in [4.69, 9.17) is 4.42 Å². The molecule has 1 fully saturated rings. The third-order valence-corrected chi connectivity index (χ3v) is 4.62. The van der Waals surface area contributed by atoms with E-state index in [1.807, 2.05) is 30.9 Å². The Bertz CT molecular complexity index is 397. The third-order valence-electron chi connectivity index (χ3n) is 3.53. The van der Waals surface area contributed by atoms with Crippen molar-refractivity contribution in [3.05, 3.63) is 24.2 Å². The van der Waals surface area contributed by atoms with Gasteiger partial charge >= 0.3 is 0 Å². The number of hydrogen-bond donors (Lipinski definition) is 2. The molecule has 2 atom stereocenters. The zero-order valence-electron chi connectivity index (χ0n) is 12.1. The normalized spacial score (nSPS) is 22.4. The van der Waals surface area contributed by atoms with Crippen molar-refractivity contribution in [1.82, 2.24) is 10.6 Å². The molecule has 0 radical (unpaired) electrons. The second kappa shape index (κ2) is 9.55. The van der Waals surface area contributed by atoms with Crippen molar-refractivity contribution in [3.8, 4) is 0 Å². The Morgan fingerprint density at radius 3 is 2.95 bits per heavy atom. The van der Waals surface area contributed by atoms with Gasteiger partial charge in [-0.3, -0.25) is 4.99 Å². The molecule has 0 aliphatic heterocycles. The summed E-state index contributed by atoms with van der Waals surface area (Å²) in [5.74, 6) is 1.91. The number of rotatable bonds is 5. The Hall–Kier alpha value is -0.370. The van der Waals surface area contributed by atoms with Crippen molar-refractivity contribution in [2.45, 2.75) is 37.0 Å². The van der Waals surface area contributed by atoms with Gasteiger partial charge in [-0.2, -0.15) is 11.8 Å². The molecule has 1 heterocycles. The number of aliphatic imine (C=N–C) groups is 1. The molecule has 114 valence electrons. The number of nitrogens with zero attached hydrogens (tertiary/aromatic N) is 1. The maximum absolute atomic E-state index is 5.31. The third kappa shape index (κ3) is 5.55. The van der Waals surface area contributed by atoms with Crippen molar-refractivity contribution in [2.24, 2.45) is 4.99 Å². The van der Waals surface area contributed by atoms with Gasteiger partial charge in [0, 0.05) is 31.3 Å². The van der Waals surface area contributed by atoms with Crippen molar-refractivity contribution in [3.63, 3.8) is 0 Å². The second-order valence-electron chi connectivity index (χ2n) is 4.84. The van der Waals surface area contributed by atoms with Crippen LogP contribution in [0.2, 0.25) is 0 Å². The van der Waals surface area contributed by atoms with Crippen molar-refractivity contribution in [1.29, 1.82) is 0 Å². The average molecular weight is 409 g/mol. The van der Waals surface area contributed by atoms with Gasteiger partial charge in [0.15, 0.2) is 5.96 Å². The largest absolute Gasteiger partial charge is 0.469 e. The molecule has 1 saturated carbocycles. The number of thioether (sulfide) groups is 1. The summed E-state index contributed by atoms with van der Waals surface area (Å²) >= 11 is 1.97. The highest BCUT2D eigenvalue weighted by Crippen LogP contribution is 2.27. The van der Waals surface area contributed by atoms with Crippen LogP contribution < -0.4 is 10.6 Å². The molecule has 0 saturated heterocycles. The summed E-state index contributed by atoms with van der Waals surface area (Å²) in [6.45, 7) is 0.839. The van der Waals surface area contributed by atoms with E-state index in [2.05, 4.69) is 21.9 Å². The molecule has 0 spiro atoms. The van der Waals surface area contributed by atoms with Crippen LogP contribution in [0.4, 0.5) is 0 Å². The molecule has 1 aromatic rings. The van der Waals surface area contributed by atoms with Gasteiger partial charge < -0.3 is 15.1 Å². The summed E-state index contributed by atoms with van der Waals surface area (Å²) in [7, 11) is 1.82. The van der Waals surface area contributed by atoms with E-state index in [-0.39, 0.29) is 24.0 Å². The molecular formula is C14H24IN3OS. The molecule has 0 aromatic carbocycles. The minimum Gasteiger partial charge on any atom is -0.469 e. The Labute approximate surface area is 142 Å². The highest BCUT2D eigenvalue weighted by Gasteiger charge is 2.24. The van der Waals surface area contributed by atoms with E-state index in [0.717, 1.165) is 29.9 Å². The fourth-order valence-electron chi connectivity index (χ4n) is 2.43. The van der Waals surface area contributed by atoms with Gasteiger partial charge in [-0.25, -0.2) is 0 Å². The van der Waals surface area contributed by atoms with Crippen LogP contribution in [0.3, 0.4) is 0 Å². The summed E-state index contributed by atoms with van der Waals surface area (Å²) in [6, 6.07) is 4.48. The lowest BCUT2D eigenvalue weighted by Gasteiger charge is -2.17. The second-order valence-corrected chi connectivity index (χ2v) is 5.98. The highest BCUT2D eigenvalue weighted by atomic mass is 127. The lowest BCUT2D eigenvalue weighted by atomic mass is 10.2. The highest BCUT2D eigenvalue weighted by molar-refractivity contribution is 14.0. The Kier molecular flexibility index (Phi) is 8.44. The molecule has 20 heavy (non-hydrogen) atoms. The number of guanidine groups is 1. The maximum Gasteiger partial charge on any atom is 0.191 e. The standard InChI is InChI=1S/C14H23N3OS.HI/c1-15-14(16-8-7-12-4-3-9-18-12)17-11-5-6-13(10-11)19-2;/h3-4,9,11,13H,5-8,10H2,1-2H3,(H2,15,16,17);1H. The van der Waals surface area contributed by atoms with Gasteiger partial charge in [-0.05, 0) is 37.7 Å². The fourth-order valence-corrected chi connectivity index (χ4v) is 3.23. The molecule has 0 amide bonds. The zero-order valence-corrected chi connectivity index (χ0v) is 15.2. The van der Waals surface area contributed by atoms with Crippen LogP contribution in [0.5, 0.6) is 0 Å². The molecule has 0 bridgehead atoms. The van der Waals surface area contributed by atoms with Gasteiger partial charge in [-0.15, -0.1) is 24.0 Å². The van der Waals surface area contributed by atoms with Gasteiger partial charge in [0.2, 0.25) is 0 Å². The summed E-state index contributed by atoms with van der Waals surface area (Å²) in [5, 5.41) is 7.65. The summed E-state index contributed by atoms with van der Waals surface area (Å²) in [5.41, 5.74) is 0. The fraction of sp³-hybridized carbons (Fsp3) is 0.643. The van der Waals surface area contributed by atoms with Crippen LogP contribution in [-0.4, -0.2) is 37.1 Å². The molecule has 2 rings (SSSR count). The molecule has 1 aliphatic rings. The van der Waals surface area contributed by atoms with E-state index in [0.29, 0.717) is 6.04 Å². The minimum atomic E-state index is 0. The predicted molar refractivity (Wildman–Crippen MR) is 97.3 cm³/mol. The van der Waals surface area contributed by atoms with Gasteiger partial charge in [0.1, 0.15) is 5.76 Å². The van der Waals surface area contributed by atoms with Crippen molar-refractivity contribution >= 4 is 41.7 Å². The topological polar surface area (TPSA) is 49.6 Å². The molecule has 2 N–H and O–H groups in total. The van der Waals surface area contributed by atoms with Crippen molar-refractivity contribution < 1.29 is 4.42 Å². The SMILES string of the molecule is CN=C(NCCc1ccco1)NC1CCC(SC)C1.I. The number of halogens is 1. The van der Waals surface area contributed by atoms with Gasteiger partial charge in [0.05, 0.1) is 6.26 Å². The first-order valence-corrected chi connectivity index (χ1v) is 8.13. The quantitative estimate of drug-likeness (QED) is 0.446. The summed E-state index contributed by atoms with van der Waals surface area (Å²) < 4.78 is 5.31. The summed E-state index contributed by atoms with van der Waals surface area (Å²) in [6.07, 6.45) is 8.57. The molecule has 1 aliphatic carbocycles. The Morgan fingerprint density at radius 2 is 2.35 bits per heavy atom. The first-order valence-electron chi connectivity index (χ1n) is 6.84. The van der Waals surface area contributed by atoms with Crippen LogP contribution in [0.15, 0.2) is 27.8 Å². The maximum atomic E-state index is 5.31. The van der Waals surface area contributed by atoms with Gasteiger partial charge in [0.25, 0.3) is 0 Å². The monoisotopic (exact) mass is 409 g/mol. The van der Waals surface area contributed by atoms with E-state index in [1.54, 1.807) is 6.26 Å². The zero-order chi connectivity index (χ0) is 13.5. The lowest BCUT2D eigenvalue weighted by Crippen LogP contribution is -2.43.